The van der Waals surface area contributed by atoms with Crippen LogP contribution in [0.25, 0.3) is 0 Å². The van der Waals surface area contributed by atoms with Crippen molar-refractivity contribution in [1.82, 2.24) is 4.90 Å². The van der Waals surface area contributed by atoms with Crippen molar-refractivity contribution in [2.24, 2.45) is 0 Å². The van der Waals surface area contributed by atoms with E-state index < -0.39 is 6.10 Å². The highest BCUT2D eigenvalue weighted by atomic mass is 16.5. The van der Waals surface area contributed by atoms with Crippen molar-refractivity contribution in [3.63, 3.8) is 0 Å². The smallest absolute Gasteiger partial charge is 0.122 e. The fourth-order valence-electron chi connectivity index (χ4n) is 2.27. The predicted molar refractivity (Wildman–Crippen MR) is 63.6 cm³/mol. The summed E-state index contributed by atoms with van der Waals surface area (Å²) in [7, 11) is 2.03. The minimum atomic E-state index is -0.395. The molecule has 3 nitrogen and oxygen atoms in total. The molecule has 0 bridgehead atoms. The number of aliphatic hydroxyl groups excluding tert-OH is 1. The Morgan fingerprint density at radius 2 is 2.25 bits per heavy atom. The molecule has 0 saturated heterocycles. The van der Waals surface area contributed by atoms with Crippen LogP contribution in [0.4, 0.5) is 0 Å². The summed E-state index contributed by atoms with van der Waals surface area (Å²) in [5.74, 6) is 0.893. The van der Waals surface area contributed by atoms with Crippen LogP contribution in [0.1, 0.15) is 29.7 Å². The van der Waals surface area contributed by atoms with E-state index in [1.54, 1.807) is 0 Å². The second-order valence-electron chi connectivity index (χ2n) is 4.46. The standard InChI is InChI=1S/C13H19NO2/c1-4-16-13-6-11-10(5-9(13)2)7-14(3)8-12(11)15/h5-6,12,15H,4,7-8H2,1-3H3. The van der Waals surface area contributed by atoms with Crippen LogP contribution in [0.2, 0.25) is 0 Å². The van der Waals surface area contributed by atoms with Gasteiger partial charge in [0.2, 0.25) is 0 Å². The molecule has 1 aromatic rings. The molecule has 1 heterocycles. The first-order valence-electron chi connectivity index (χ1n) is 5.74. The van der Waals surface area contributed by atoms with Crippen molar-refractivity contribution in [2.45, 2.75) is 26.5 Å². The van der Waals surface area contributed by atoms with Crippen LogP contribution in [-0.2, 0) is 6.54 Å². The molecule has 1 unspecified atom stereocenters. The first-order chi connectivity index (χ1) is 7.61. The van der Waals surface area contributed by atoms with E-state index in [4.69, 9.17) is 4.74 Å². The highest BCUT2D eigenvalue weighted by molar-refractivity contribution is 5.44. The number of benzene rings is 1. The molecule has 1 aliphatic rings. The lowest BCUT2D eigenvalue weighted by Gasteiger charge is -2.30. The van der Waals surface area contributed by atoms with Crippen molar-refractivity contribution in [2.75, 3.05) is 20.2 Å². The van der Waals surface area contributed by atoms with Crippen LogP contribution in [0.15, 0.2) is 12.1 Å². The molecule has 0 amide bonds. The average Bonchev–Trinajstić information content (AvgIpc) is 2.20. The summed E-state index contributed by atoms with van der Waals surface area (Å²) in [6, 6.07) is 4.12. The van der Waals surface area contributed by atoms with Crippen molar-refractivity contribution in [3.8, 4) is 5.75 Å². The minimum Gasteiger partial charge on any atom is -0.494 e. The van der Waals surface area contributed by atoms with E-state index in [1.807, 2.05) is 27.0 Å². The summed E-state index contributed by atoms with van der Waals surface area (Å²) in [5, 5.41) is 10.0. The third-order valence-corrected chi connectivity index (χ3v) is 3.02. The number of ether oxygens (including phenoxy) is 1. The molecular weight excluding hydrogens is 202 g/mol. The SMILES string of the molecule is CCOc1cc2c(cc1C)CN(C)CC2O. The number of β-amino-alcohol motifs (C(OH)–C–C–N with tert-alkyl or cyclic N) is 1. The second-order valence-corrected chi connectivity index (χ2v) is 4.46. The fraction of sp³-hybridized carbons (Fsp3) is 0.538. The molecule has 1 atom stereocenters. The largest absolute Gasteiger partial charge is 0.494 e. The Morgan fingerprint density at radius 1 is 1.50 bits per heavy atom. The number of hydrogen-bond donors (Lipinski definition) is 1. The number of hydrogen-bond acceptors (Lipinski definition) is 3. The topological polar surface area (TPSA) is 32.7 Å². The molecule has 0 fully saturated rings. The van der Waals surface area contributed by atoms with Gasteiger partial charge >= 0.3 is 0 Å². The minimum absolute atomic E-state index is 0.395. The van der Waals surface area contributed by atoms with Crippen LogP contribution >= 0.6 is 0 Å². The van der Waals surface area contributed by atoms with E-state index in [2.05, 4.69) is 11.0 Å². The molecule has 0 aliphatic carbocycles. The quantitative estimate of drug-likeness (QED) is 0.827. The van der Waals surface area contributed by atoms with E-state index in [0.29, 0.717) is 13.2 Å². The first kappa shape index (κ1) is 11.4. The number of nitrogens with zero attached hydrogens (tertiary/aromatic N) is 1. The number of fused-ring (bicyclic) bond motifs is 1. The number of rotatable bonds is 2. The first-order valence-corrected chi connectivity index (χ1v) is 5.74. The van der Waals surface area contributed by atoms with Gasteiger partial charge in [-0.2, -0.15) is 0 Å². The molecule has 16 heavy (non-hydrogen) atoms. The van der Waals surface area contributed by atoms with Crippen molar-refractivity contribution in [1.29, 1.82) is 0 Å². The van der Waals surface area contributed by atoms with Crippen LogP contribution in [0.5, 0.6) is 5.75 Å². The van der Waals surface area contributed by atoms with Crippen molar-refractivity contribution < 1.29 is 9.84 Å². The molecule has 88 valence electrons. The van der Waals surface area contributed by atoms with E-state index in [1.165, 1.54) is 5.56 Å². The summed E-state index contributed by atoms with van der Waals surface area (Å²) in [6.45, 7) is 6.28. The van der Waals surface area contributed by atoms with Gasteiger partial charge in [-0.05, 0) is 43.7 Å². The van der Waals surface area contributed by atoms with Gasteiger partial charge < -0.3 is 9.84 Å². The summed E-state index contributed by atoms with van der Waals surface area (Å²) >= 11 is 0. The Bertz CT molecular complexity index is 390. The van der Waals surface area contributed by atoms with E-state index in [0.717, 1.165) is 23.4 Å². The van der Waals surface area contributed by atoms with Crippen LogP contribution in [0, 0.1) is 6.92 Å². The molecular formula is C13H19NO2. The lowest BCUT2D eigenvalue weighted by molar-refractivity contribution is 0.107. The van der Waals surface area contributed by atoms with Crippen LogP contribution in [0.3, 0.4) is 0 Å². The number of likely N-dealkylation sites (N-methyl/N-ethyl adjacent to an activating group) is 1. The molecule has 0 aromatic heterocycles. The molecule has 1 aliphatic heterocycles. The van der Waals surface area contributed by atoms with Crippen molar-refractivity contribution in [3.05, 3.63) is 28.8 Å². The zero-order valence-electron chi connectivity index (χ0n) is 10.2. The van der Waals surface area contributed by atoms with Gasteiger partial charge in [-0.3, -0.25) is 4.90 Å². The van der Waals surface area contributed by atoms with Gasteiger partial charge in [-0.1, -0.05) is 6.07 Å². The van der Waals surface area contributed by atoms with Gasteiger partial charge in [0, 0.05) is 13.1 Å². The number of aliphatic hydroxyl groups is 1. The van der Waals surface area contributed by atoms with Gasteiger partial charge in [0.1, 0.15) is 5.75 Å². The summed E-state index contributed by atoms with van der Waals surface area (Å²) in [5.41, 5.74) is 3.37. The maximum atomic E-state index is 10.0. The molecule has 3 heteroatoms. The third-order valence-electron chi connectivity index (χ3n) is 3.02. The zero-order valence-corrected chi connectivity index (χ0v) is 10.2. The molecule has 0 radical (unpaired) electrons. The Labute approximate surface area is 96.6 Å². The summed E-state index contributed by atoms with van der Waals surface area (Å²) < 4.78 is 5.55. The number of aryl methyl sites for hydroxylation is 1. The predicted octanol–water partition coefficient (Wildman–Crippen LogP) is 1.87. The third kappa shape index (κ3) is 2.06. The van der Waals surface area contributed by atoms with Gasteiger partial charge in [-0.25, -0.2) is 0 Å². The Kier molecular flexibility index (Phi) is 3.17. The van der Waals surface area contributed by atoms with E-state index in [9.17, 15) is 5.11 Å². The average molecular weight is 221 g/mol. The molecule has 1 N–H and O–H groups in total. The Balaban J connectivity index is 2.40. The second kappa shape index (κ2) is 4.44. The summed E-state index contributed by atoms with van der Waals surface area (Å²) in [6.07, 6.45) is -0.395. The maximum Gasteiger partial charge on any atom is 0.122 e. The molecule has 2 rings (SSSR count). The van der Waals surface area contributed by atoms with Gasteiger partial charge in [0.25, 0.3) is 0 Å². The summed E-state index contributed by atoms with van der Waals surface area (Å²) in [4.78, 5) is 2.13. The normalized spacial score (nSPS) is 20.6. The van der Waals surface area contributed by atoms with Crippen LogP contribution in [-0.4, -0.2) is 30.2 Å². The van der Waals surface area contributed by atoms with Gasteiger partial charge in [0.05, 0.1) is 12.7 Å². The maximum absolute atomic E-state index is 10.0. The fourth-order valence-corrected chi connectivity index (χ4v) is 2.27. The van der Waals surface area contributed by atoms with Gasteiger partial charge in [-0.15, -0.1) is 0 Å². The Morgan fingerprint density at radius 3 is 2.94 bits per heavy atom. The Hall–Kier alpha value is -1.06. The van der Waals surface area contributed by atoms with E-state index in [-0.39, 0.29) is 0 Å². The van der Waals surface area contributed by atoms with Gasteiger partial charge in [0.15, 0.2) is 0 Å². The molecule has 0 spiro atoms. The lowest BCUT2D eigenvalue weighted by atomic mass is 9.95. The van der Waals surface area contributed by atoms with Crippen LogP contribution < -0.4 is 4.74 Å². The monoisotopic (exact) mass is 221 g/mol. The van der Waals surface area contributed by atoms with Crippen molar-refractivity contribution >= 4 is 0 Å². The van der Waals surface area contributed by atoms with E-state index >= 15 is 0 Å². The highest BCUT2D eigenvalue weighted by Crippen LogP contribution is 2.31. The zero-order chi connectivity index (χ0) is 11.7. The lowest BCUT2D eigenvalue weighted by Crippen LogP contribution is -2.30. The molecule has 0 saturated carbocycles. The highest BCUT2D eigenvalue weighted by Gasteiger charge is 2.22. The molecule has 1 aromatic carbocycles.